The van der Waals surface area contributed by atoms with Crippen molar-refractivity contribution in [2.24, 2.45) is 0 Å². The lowest BCUT2D eigenvalue weighted by Crippen LogP contribution is -2.65. The topological polar surface area (TPSA) is 99.2 Å². The van der Waals surface area contributed by atoms with E-state index < -0.39 is 5.54 Å². The van der Waals surface area contributed by atoms with E-state index in [4.69, 9.17) is 10.00 Å². The Balaban J connectivity index is 1.74. The van der Waals surface area contributed by atoms with Crippen molar-refractivity contribution in [3.8, 4) is 17.3 Å². The standard InChI is InChI=1S/C20H28N6O2/c1-16-12-28-15-20(14-27,25(16)2)13-23-10-18-11-26(9-3-6-21)24-19(18)17-4-7-22-8-5-17/h4-5,7-8,11,16,23,27H,3,9-10,12-15H2,1-2H3/t16-,20+/m1/s1. The van der Waals surface area contributed by atoms with Gasteiger partial charge < -0.3 is 15.2 Å². The second kappa shape index (κ2) is 9.26. The molecule has 1 saturated heterocycles. The summed E-state index contributed by atoms with van der Waals surface area (Å²) in [5.41, 5.74) is 2.48. The molecule has 2 N–H and O–H groups in total. The van der Waals surface area contributed by atoms with Gasteiger partial charge in [-0.3, -0.25) is 14.6 Å². The predicted octanol–water partition coefficient (Wildman–Crippen LogP) is 1.03. The van der Waals surface area contributed by atoms with Crippen molar-refractivity contribution >= 4 is 0 Å². The third kappa shape index (κ3) is 4.39. The minimum absolute atomic E-state index is 0.0273. The second-order valence-electron chi connectivity index (χ2n) is 7.37. The number of aromatic nitrogens is 3. The van der Waals surface area contributed by atoms with Crippen LogP contribution in [0.5, 0.6) is 0 Å². The maximum Gasteiger partial charge on any atom is 0.0969 e. The summed E-state index contributed by atoms with van der Waals surface area (Å²) in [5, 5.41) is 27.0. The van der Waals surface area contributed by atoms with Crippen LogP contribution >= 0.6 is 0 Å². The summed E-state index contributed by atoms with van der Waals surface area (Å²) in [6.07, 6.45) is 5.89. The summed E-state index contributed by atoms with van der Waals surface area (Å²) in [5.74, 6) is 0. The molecule has 2 aromatic rings. The molecule has 150 valence electrons. The van der Waals surface area contributed by atoms with Crippen LogP contribution in [0, 0.1) is 11.3 Å². The number of nitrogens with zero attached hydrogens (tertiary/aromatic N) is 5. The van der Waals surface area contributed by atoms with Crippen LogP contribution in [0.1, 0.15) is 18.9 Å². The van der Waals surface area contributed by atoms with Crippen LogP contribution < -0.4 is 5.32 Å². The number of hydrogen-bond acceptors (Lipinski definition) is 7. The number of rotatable bonds is 8. The van der Waals surface area contributed by atoms with Gasteiger partial charge in [-0.2, -0.15) is 10.4 Å². The van der Waals surface area contributed by atoms with Crippen molar-refractivity contribution in [3.05, 3.63) is 36.3 Å². The number of aliphatic hydroxyl groups is 1. The van der Waals surface area contributed by atoms with E-state index in [1.165, 1.54) is 0 Å². The molecule has 0 amide bonds. The SMILES string of the molecule is C[C@@H]1COC[C@@](CO)(CNCc2cn(CCC#N)nc2-c2ccncc2)N1C. The van der Waals surface area contributed by atoms with Gasteiger partial charge in [0.1, 0.15) is 0 Å². The molecule has 3 rings (SSSR count). The molecule has 0 radical (unpaired) electrons. The van der Waals surface area contributed by atoms with Crippen molar-refractivity contribution in [3.63, 3.8) is 0 Å². The molecule has 0 spiro atoms. The summed E-state index contributed by atoms with van der Waals surface area (Å²) < 4.78 is 7.52. The Bertz CT molecular complexity index is 803. The largest absolute Gasteiger partial charge is 0.394 e. The van der Waals surface area contributed by atoms with Gasteiger partial charge in [-0.1, -0.05) is 0 Å². The molecule has 0 saturated carbocycles. The highest BCUT2D eigenvalue weighted by Gasteiger charge is 2.40. The molecule has 0 aromatic carbocycles. The maximum atomic E-state index is 10.0. The number of nitriles is 1. The first-order valence-electron chi connectivity index (χ1n) is 9.55. The summed E-state index contributed by atoms with van der Waals surface area (Å²) >= 11 is 0. The zero-order chi connectivity index (χ0) is 20.0. The second-order valence-corrected chi connectivity index (χ2v) is 7.37. The lowest BCUT2D eigenvalue weighted by atomic mass is 9.96. The fourth-order valence-electron chi connectivity index (χ4n) is 3.54. The molecule has 1 fully saturated rings. The van der Waals surface area contributed by atoms with Gasteiger partial charge in [-0.05, 0) is 26.1 Å². The quantitative estimate of drug-likeness (QED) is 0.701. The van der Waals surface area contributed by atoms with E-state index >= 15 is 0 Å². The number of morpholine rings is 1. The Morgan fingerprint density at radius 2 is 2.21 bits per heavy atom. The Morgan fingerprint density at radius 1 is 1.43 bits per heavy atom. The first kappa shape index (κ1) is 20.4. The van der Waals surface area contributed by atoms with Crippen molar-refractivity contribution in [1.29, 1.82) is 5.26 Å². The summed E-state index contributed by atoms with van der Waals surface area (Å²) in [4.78, 5) is 6.27. The fourth-order valence-corrected chi connectivity index (χ4v) is 3.54. The van der Waals surface area contributed by atoms with E-state index in [1.807, 2.05) is 30.1 Å². The maximum absolute atomic E-state index is 10.0. The van der Waals surface area contributed by atoms with Crippen LogP contribution in [-0.2, 0) is 17.8 Å². The van der Waals surface area contributed by atoms with Crippen LogP contribution in [0.15, 0.2) is 30.7 Å². The summed E-state index contributed by atoms with van der Waals surface area (Å²) in [6.45, 7) is 5.07. The molecule has 0 aliphatic carbocycles. The first-order valence-corrected chi connectivity index (χ1v) is 9.55. The molecule has 28 heavy (non-hydrogen) atoms. The van der Waals surface area contributed by atoms with Gasteiger partial charge in [0, 0.05) is 48.8 Å². The van der Waals surface area contributed by atoms with Crippen LogP contribution in [0.2, 0.25) is 0 Å². The van der Waals surface area contributed by atoms with Crippen molar-refractivity contribution < 1.29 is 9.84 Å². The molecule has 1 aliphatic rings. The molecule has 2 atom stereocenters. The highest BCUT2D eigenvalue weighted by atomic mass is 16.5. The van der Waals surface area contributed by atoms with Crippen LogP contribution in [0.4, 0.5) is 0 Å². The van der Waals surface area contributed by atoms with Gasteiger partial charge in [-0.15, -0.1) is 0 Å². The molecule has 0 unspecified atom stereocenters. The Hall–Kier alpha value is -2.31. The zero-order valence-corrected chi connectivity index (χ0v) is 16.5. The van der Waals surface area contributed by atoms with E-state index in [2.05, 4.69) is 33.3 Å². The molecule has 2 aromatic heterocycles. The Kier molecular flexibility index (Phi) is 6.75. The summed E-state index contributed by atoms with van der Waals surface area (Å²) in [7, 11) is 2.04. The first-order chi connectivity index (χ1) is 13.6. The predicted molar refractivity (Wildman–Crippen MR) is 105 cm³/mol. The molecule has 0 bridgehead atoms. The Morgan fingerprint density at radius 3 is 2.93 bits per heavy atom. The molecule has 3 heterocycles. The van der Waals surface area contributed by atoms with Crippen molar-refractivity contribution in [2.75, 3.05) is 33.4 Å². The van der Waals surface area contributed by atoms with Gasteiger partial charge in [0.25, 0.3) is 0 Å². The molecule has 8 heteroatoms. The number of aliphatic hydroxyl groups excluding tert-OH is 1. The average Bonchev–Trinajstić information content (AvgIpc) is 3.13. The van der Waals surface area contributed by atoms with Crippen LogP contribution in [0.25, 0.3) is 11.3 Å². The highest BCUT2D eigenvalue weighted by molar-refractivity contribution is 5.61. The molecule has 1 aliphatic heterocycles. The van der Waals surface area contributed by atoms with E-state index in [1.54, 1.807) is 12.4 Å². The molecule has 8 nitrogen and oxygen atoms in total. The van der Waals surface area contributed by atoms with Crippen LogP contribution in [0.3, 0.4) is 0 Å². The summed E-state index contributed by atoms with van der Waals surface area (Å²) in [6, 6.07) is 6.27. The molecular weight excluding hydrogens is 356 g/mol. The lowest BCUT2D eigenvalue weighted by molar-refractivity contribution is -0.106. The third-order valence-corrected chi connectivity index (χ3v) is 5.45. The highest BCUT2D eigenvalue weighted by Crippen LogP contribution is 2.24. The number of pyridine rings is 1. The van der Waals surface area contributed by atoms with E-state index in [0.717, 1.165) is 16.8 Å². The number of ether oxygens (including phenoxy) is 1. The van der Waals surface area contributed by atoms with Gasteiger partial charge in [0.15, 0.2) is 0 Å². The van der Waals surface area contributed by atoms with Gasteiger partial charge in [-0.25, -0.2) is 0 Å². The monoisotopic (exact) mass is 384 g/mol. The number of aryl methyl sites for hydroxylation is 1. The number of nitrogens with one attached hydrogen (secondary N) is 1. The van der Waals surface area contributed by atoms with Crippen molar-refractivity contribution in [2.45, 2.75) is 38.0 Å². The number of likely N-dealkylation sites (N-methyl/N-ethyl adjacent to an activating group) is 1. The minimum Gasteiger partial charge on any atom is -0.394 e. The van der Waals surface area contributed by atoms with Crippen LogP contribution in [-0.4, -0.2) is 69.8 Å². The van der Waals surface area contributed by atoms with Crippen molar-refractivity contribution in [1.82, 2.24) is 25.0 Å². The normalized spacial score (nSPS) is 22.9. The average molecular weight is 384 g/mol. The smallest absolute Gasteiger partial charge is 0.0969 e. The van der Waals surface area contributed by atoms with E-state index in [9.17, 15) is 5.11 Å². The lowest BCUT2D eigenvalue weighted by Gasteiger charge is -2.47. The third-order valence-electron chi connectivity index (χ3n) is 5.45. The zero-order valence-electron chi connectivity index (χ0n) is 16.5. The van der Waals surface area contributed by atoms with E-state index in [0.29, 0.717) is 39.3 Å². The fraction of sp³-hybridized carbons (Fsp3) is 0.550. The number of hydrogen-bond donors (Lipinski definition) is 2. The minimum atomic E-state index is -0.439. The van der Waals surface area contributed by atoms with Gasteiger partial charge >= 0.3 is 0 Å². The molecular formula is C20H28N6O2. The van der Waals surface area contributed by atoms with Gasteiger partial charge in [0.05, 0.1) is 50.1 Å². The van der Waals surface area contributed by atoms with Gasteiger partial charge in [0.2, 0.25) is 0 Å². The van der Waals surface area contributed by atoms with E-state index in [-0.39, 0.29) is 12.6 Å². The Labute approximate surface area is 165 Å².